The van der Waals surface area contributed by atoms with E-state index in [0.717, 1.165) is 0 Å². The second kappa shape index (κ2) is 3.65. The van der Waals surface area contributed by atoms with Crippen LogP contribution in [0, 0.1) is 0 Å². The average Bonchev–Trinajstić information content (AvgIpc) is 2.07. The third kappa shape index (κ3) is 3.05. The Kier molecular flexibility index (Phi) is 3.78. The van der Waals surface area contributed by atoms with E-state index in [-0.39, 0.29) is 25.4 Å². The molecule has 1 aliphatic rings. The summed E-state index contributed by atoms with van der Waals surface area (Å²) in [6.07, 6.45) is 0. The molecule has 1 fully saturated rings. The van der Waals surface area contributed by atoms with Gasteiger partial charge in [0.1, 0.15) is 0 Å². The van der Waals surface area contributed by atoms with Crippen LogP contribution in [0.5, 0.6) is 0 Å². The number of nitrogens with one attached hydrogen (secondary N) is 1. The standard InChI is InChI=1S/C3H7NO5S2.Li/c5-10(6)2-3(1-4-10)11(7,8)9;/h3-4H,1-2H2,(H,7,8,9);/q;+1/p-1. The largest absolute Gasteiger partial charge is 1.00 e. The Morgan fingerprint density at radius 2 is 1.92 bits per heavy atom. The maximum atomic E-state index is 10.6. The van der Waals surface area contributed by atoms with Crippen molar-refractivity contribution in [2.75, 3.05) is 12.3 Å². The smallest absolute Gasteiger partial charge is 0.748 e. The van der Waals surface area contributed by atoms with E-state index in [1.807, 2.05) is 4.72 Å². The van der Waals surface area contributed by atoms with E-state index in [9.17, 15) is 21.4 Å². The van der Waals surface area contributed by atoms with Crippen LogP contribution < -0.4 is 23.6 Å². The molecule has 0 radical (unpaired) electrons. The van der Waals surface area contributed by atoms with Crippen LogP contribution in [0.4, 0.5) is 0 Å². The van der Waals surface area contributed by atoms with Gasteiger partial charge in [0.15, 0.2) is 0 Å². The van der Waals surface area contributed by atoms with Gasteiger partial charge in [0.2, 0.25) is 10.0 Å². The third-order valence-corrected chi connectivity index (χ3v) is 4.15. The molecule has 0 saturated carbocycles. The van der Waals surface area contributed by atoms with Crippen molar-refractivity contribution in [3.63, 3.8) is 0 Å². The predicted octanol–water partition coefficient (Wildman–Crippen LogP) is -5.16. The Labute approximate surface area is 82.7 Å². The van der Waals surface area contributed by atoms with Crippen molar-refractivity contribution in [3.8, 4) is 0 Å². The van der Waals surface area contributed by atoms with Crippen molar-refractivity contribution in [2.45, 2.75) is 5.25 Å². The number of rotatable bonds is 1. The SMILES string of the molecule is O=S1(=O)CC(S(=O)(=O)[O-])CN1.[Li+]. The zero-order chi connectivity index (χ0) is 8.70. The first-order valence-corrected chi connectivity index (χ1v) is 5.86. The van der Waals surface area contributed by atoms with E-state index in [0.29, 0.717) is 0 Å². The van der Waals surface area contributed by atoms with E-state index < -0.39 is 31.1 Å². The molecule has 0 bridgehead atoms. The van der Waals surface area contributed by atoms with Gasteiger partial charge in [0.05, 0.1) is 21.1 Å². The van der Waals surface area contributed by atoms with Crippen LogP contribution in [0.1, 0.15) is 0 Å². The normalized spacial score (nSPS) is 27.9. The molecule has 66 valence electrons. The van der Waals surface area contributed by atoms with E-state index in [4.69, 9.17) is 0 Å². The average molecular weight is 207 g/mol. The summed E-state index contributed by atoms with van der Waals surface area (Å²) in [5.74, 6) is -0.612. The minimum atomic E-state index is -4.47. The molecular weight excluding hydrogens is 201 g/mol. The van der Waals surface area contributed by atoms with E-state index in [1.165, 1.54) is 0 Å². The van der Waals surface area contributed by atoms with Gasteiger partial charge in [-0.2, -0.15) is 0 Å². The van der Waals surface area contributed by atoms with Crippen LogP contribution >= 0.6 is 0 Å². The summed E-state index contributed by atoms with van der Waals surface area (Å²) in [5.41, 5.74) is 0. The first kappa shape index (κ1) is 12.4. The van der Waals surface area contributed by atoms with Gasteiger partial charge in [0, 0.05) is 6.54 Å². The summed E-state index contributed by atoms with van der Waals surface area (Å²) in [6.45, 7) is -0.297. The molecule has 1 aliphatic heterocycles. The molecule has 0 aromatic heterocycles. The van der Waals surface area contributed by atoms with Gasteiger partial charge < -0.3 is 4.55 Å². The van der Waals surface area contributed by atoms with Gasteiger partial charge in [-0.15, -0.1) is 0 Å². The zero-order valence-electron chi connectivity index (χ0n) is 6.35. The molecule has 1 rings (SSSR count). The van der Waals surface area contributed by atoms with Gasteiger partial charge >= 0.3 is 18.9 Å². The molecule has 1 N–H and O–H groups in total. The van der Waals surface area contributed by atoms with Crippen LogP contribution in [-0.4, -0.2) is 38.9 Å². The minimum absolute atomic E-state index is 0. The molecule has 9 heteroatoms. The Morgan fingerprint density at radius 3 is 2.08 bits per heavy atom. The molecule has 12 heavy (non-hydrogen) atoms. The molecule has 1 saturated heterocycles. The van der Waals surface area contributed by atoms with Crippen LogP contribution in [0.15, 0.2) is 0 Å². The Morgan fingerprint density at radius 1 is 1.42 bits per heavy atom. The first-order chi connectivity index (χ1) is 4.81. The molecule has 0 aromatic rings. The Bertz CT molecular complexity index is 345. The second-order valence-corrected chi connectivity index (χ2v) is 5.75. The molecule has 0 amide bonds. The van der Waals surface area contributed by atoms with Gasteiger partial charge in [0.25, 0.3) is 0 Å². The van der Waals surface area contributed by atoms with E-state index in [1.54, 1.807) is 0 Å². The van der Waals surface area contributed by atoms with Crippen molar-refractivity contribution in [1.29, 1.82) is 0 Å². The van der Waals surface area contributed by atoms with Gasteiger partial charge in [-0.25, -0.2) is 21.6 Å². The second-order valence-electron chi connectivity index (χ2n) is 2.24. The number of hydrogen-bond acceptors (Lipinski definition) is 5. The Balaban J connectivity index is 0.00000121. The van der Waals surface area contributed by atoms with Crippen molar-refractivity contribution in [2.24, 2.45) is 0 Å². The molecule has 0 aliphatic carbocycles. The summed E-state index contributed by atoms with van der Waals surface area (Å²) >= 11 is 0. The van der Waals surface area contributed by atoms with Gasteiger partial charge in [-0.05, 0) is 0 Å². The molecule has 1 heterocycles. The molecule has 0 aromatic carbocycles. The molecular formula is C3H6LiNO5S2. The van der Waals surface area contributed by atoms with Crippen LogP contribution in [0.3, 0.4) is 0 Å². The summed E-state index contributed by atoms with van der Waals surface area (Å²) in [7, 11) is -7.97. The number of sulfonamides is 1. The van der Waals surface area contributed by atoms with Crippen molar-refractivity contribution in [3.05, 3.63) is 0 Å². The fourth-order valence-electron chi connectivity index (χ4n) is 0.768. The molecule has 6 nitrogen and oxygen atoms in total. The maximum absolute atomic E-state index is 10.6. The summed E-state index contributed by atoms with van der Waals surface area (Å²) < 4.78 is 53.9. The maximum Gasteiger partial charge on any atom is 1.00 e. The fraction of sp³-hybridized carbons (Fsp3) is 1.00. The topological polar surface area (TPSA) is 103 Å². The minimum Gasteiger partial charge on any atom is -0.748 e. The number of hydrogen-bond donors (Lipinski definition) is 1. The Hall–Kier alpha value is 0.417. The van der Waals surface area contributed by atoms with Gasteiger partial charge in [-0.1, -0.05) is 0 Å². The van der Waals surface area contributed by atoms with Crippen molar-refractivity contribution >= 4 is 20.1 Å². The quantitative estimate of drug-likeness (QED) is 0.342. The summed E-state index contributed by atoms with van der Waals surface area (Å²) in [6, 6.07) is 0. The van der Waals surface area contributed by atoms with E-state index in [2.05, 4.69) is 0 Å². The molecule has 0 spiro atoms. The predicted molar refractivity (Wildman–Crippen MR) is 35.3 cm³/mol. The monoisotopic (exact) mass is 207 g/mol. The van der Waals surface area contributed by atoms with Crippen LogP contribution in [0.25, 0.3) is 0 Å². The third-order valence-electron chi connectivity index (χ3n) is 1.34. The summed E-state index contributed by atoms with van der Waals surface area (Å²) in [5, 5.41) is -1.33. The molecule has 1 unspecified atom stereocenters. The first-order valence-electron chi connectivity index (χ1n) is 2.73. The summed E-state index contributed by atoms with van der Waals surface area (Å²) in [4.78, 5) is 0. The van der Waals surface area contributed by atoms with Crippen LogP contribution in [0.2, 0.25) is 0 Å². The molecule has 1 atom stereocenters. The fourth-order valence-corrected chi connectivity index (χ4v) is 3.55. The zero-order valence-corrected chi connectivity index (χ0v) is 7.98. The van der Waals surface area contributed by atoms with E-state index >= 15 is 0 Å². The van der Waals surface area contributed by atoms with Crippen molar-refractivity contribution in [1.82, 2.24) is 4.72 Å². The van der Waals surface area contributed by atoms with Gasteiger partial charge in [-0.3, -0.25) is 0 Å². The van der Waals surface area contributed by atoms with Crippen molar-refractivity contribution < 1.29 is 40.2 Å². The van der Waals surface area contributed by atoms with Crippen LogP contribution in [-0.2, 0) is 20.1 Å².